The van der Waals surface area contributed by atoms with Gasteiger partial charge in [-0.2, -0.15) is 41.3 Å². The number of rotatable bonds is 16. The van der Waals surface area contributed by atoms with Gasteiger partial charge >= 0.3 is 24.3 Å². The van der Waals surface area contributed by atoms with Gasteiger partial charge in [-0.1, -0.05) is 35.9 Å². The topological polar surface area (TPSA) is 174 Å². The van der Waals surface area contributed by atoms with Gasteiger partial charge in [0.1, 0.15) is 6.04 Å². The maximum atomic E-state index is 13.0. The molecular formula is C36H32ClF6N7O6. The van der Waals surface area contributed by atoms with E-state index in [-0.39, 0.29) is 36.0 Å². The van der Waals surface area contributed by atoms with Gasteiger partial charge in [-0.3, -0.25) is 14.4 Å². The van der Waals surface area contributed by atoms with Crippen molar-refractivity contribution in [3.63, 3.8) is 0 Å². The van der Waals surface area contributed by atoms with E-state index in [0.717, 1.165) is 36.9 Å². The first kappa shape index (κ1) is 41.2. The van der Waals surface area contributed by atoms with Crippen LogP contribution in [0.1, 0.15) is 46.3 Å². The van der Waals surface area contributed by atoms with Crippen molar-refractivity contribution in [2.45, 2.75) is 49.6 Å². The fraction of sp³-hybridized carbons (Fsp3) is 0.306. The number of nitrogens with zero attached hydrogens (tertiary/aromatic N) is 3. The highest BCUT2D eigenvalue weighted by Crippen LogP contribution is 2.48. The Kier molecular flexibility index (Phi) is 12.7. The minimum absolute atomic E-state index is 0.0586. The Labute approximate surface area is 319 Å². The van der Waals surface area contributed by atoms with Gasteiger partial charge in [-0.25, -0.2) is 4.79 Å². The number of hydrogen-bond donors (Lipinski definition) is 4. The third kappa shape index (κ3) is 11.5. The number of alkyl halides is 6. The molecule has 56 heavy (non-hydrogen) atoms. The van der Waals surface area contributed by atoms with Gasteiger partial charge < -0.3 is 30.7 Å². The molecule has 2 amide bonds. The van der Waals surface area contributed by atoms with Crippen LogP contribution in [0.15, 0.2) is 72.8 Å². The molecule has 5 rings (SSSR count). The molecule has 1 heterocycles. The number of ketones is 1. The molecule has 296 valence electrons. The Balaban J connectivity index is 1.19. The summed E-state index contributed by atoms with van der Waals surface area (Å²) in [5.41, 5.74) is -0.0455. The summed E-state index contributed by atoms with van der Waals surface area (Å²) in [6.45, 7) is -1.90. The number of halogens is 7. The zero-order valence-corrected chi connectivity index (χ0v) is 29.9. The minimum atomic E-state index is -4.66. The van der Waals surface area contributed by atoms with Crippen LogP contribution in [-0.4, -0.2) is 71.0 Å². The summed E-state index contributed by atoms with van der Waals surface area (Å²) in [6.07, 6.45) is -8.50. The van der Waals surface area contributed by atoms with E-state index in [4.69, 9.17) is 21.1 Å². The van der Waals surface area contributed by atoms with E-state index in [1.54, 1.807) is 12.1 Å². The van der Waals surface area contributed by atoms with Gasteiger partial charge in [0.25, 0.3) is 11.8 Å². The molecule has 0 saturated heterocycles. The van der Waals surface area contributed by atoms with E-state index in [0.29, 0.717) is 23.6 Å². The lowest BCUT2D eigenvalue weighted by Gasteiger charge is -2.19. The number of carbonyl (C=O) groups excluding carboxylic acids is 4. The number of ether oxygens (including phenoxy) is 2. The van der Waals surface area contributed by atoms with E-state index >= 15 is 0 Å². The minimum Gasteiger partial charge on any atom is -0.467 e. The van der Waals surface area contributed by atoms with Crippen LogP contribution in [0.5, 0.6) is 6.01 Å². The van der Waals surface area contributed by atoms with Gasteiger partial charge in [0.2, 0.25) is 17.7 Å². The quantitative estimate of drug-likeness (QED) is 0.0602. The van der Waals surface area contributed by atoms with E-state index in [2.05, 4.69) is 36.2 Å². The lowest BCUT2D eigenvalue weighted by atomic mass is 10.1. The number of esters is 1. The number of benzene rings is 3. The molecule has 1 atom stereocenters. The third-order valence-electron chi connectivity index (χ3n) is 8.29. The number of methoxy groups -OCH3 is 1. The maximum absolute atomic E-state index is 13.0. The molecule has 4 N–H and O–H groups in total. The van der Waals surface area contributed by atoms with E-state index in [9.17, 15) is 45.5 Å². The highest BCUT2D eigenvalue weighted by molar-refractivity contribution is 6.36. The Morgan fingerprint density at radius 2 is 1.50 bits per heavy atom. The number of aromatic nitrogens is 3. The summed E-state index contributed by atoms with van der Waals surface area (Å²) in [5.74, 6) is -3.78. The largest absolute Gasteiger partial charge is 0.467 e. The summed E-state index contributed by atoms with van der Waals surface area (Å²) < 4.78 is 86.7. The van der Waals surface area contributed by atoms with Crippen molar-refractivity contribution in [1.82, 2.24) is 25.6 Å². The van der Waals surface area contributed by atoms with Crippen molar-refractivity contribution >= 4 is 52.8 Å². The first-order valence-electron chi connectivity index (χ1n) is 16.7. The van der Waals surface area contributed by atoms with E-state index in [1.165, 1.54) is 24.3 Å². The van der Waals surface area contributed by atoms with Crippen molar-refractivity contribution in [2.75, 3.05) is 30.9 Å². The molecule has 1 aliphatic rings. The monoisotopic (exact) mass is 807 g/mol. The van der Waals surface area contributed by atoms with Gasteiger partial charge in [0.15, 0.2) is 6.61 Å². The van der Waals surface area contributed by atoms with Gasteiger partial charge in [0, 0.05) is 29.2 Å². The molecule has 0 bridgehead atoms. The Morgan fingerprint density at radius 3 is 2.09 bits per heavy atom. The smallest absolute Gasteiger partial charge is 0.422 e. The van der Waals surface area contributed by atoms with Crippen LogP contribution in [0.2, 0.25) is 5.02 Å². The Morgan fingerprint density at radius 1 is 0.857 bits per heavy atom. The van der Waals surface area contributed by atoms with Crippen LogP contribution in [0.4, 0.5) is 43.9 Å². The number of carbonyl (C=O) groups is 4. The van der Waals surface area contributed by atoms with Gasteiger partial charge in [-0.05, 0) is 78.9 Å². The van der Waals surface area contributed by atoms with Gasteiger partial charge in [-0.15, -0.1) is 0 Å². The average Bonchev–Trinajstić information content (AvgIpc) is 3.93. The van der Waals surface area contributed by atoms with Crippen molar-refractivity contribution in [1.29, 1.82) is 0 Å². The average molecular weight is 808 g/mol. The number of amides is 2. The van der Waals surface area contributed by atoms with Crippen molar-refractivity contribution in [2.24, 2.45) is 0 Å². The standard InChI is InChI=1S/C36H32ClF6N7O6/c1-55-30(54)26(14-17-44-29(53)27(51)18-20-2-6-23(7-3-20)36(41,42)43)46-28(52)21-4-12-25(13-5-21)45-31-47-32(49-33(48-31)56-19-35(38,39)40)50-34(15-16-34)22-8-10-24(37)11-9-22/h2-13,26H,14-19H2,1H3,(H,44,53)(H,46,52)(H2,45,47,48,49,50)/t26-/m0/s1. The predicted molar refractivity (Wildman–Crippen MR) is 188 cm³/mol. The van der Waals surface area contributed by atoms with Crippen LogP contribution < -0.4 is 26.0 Å². The van der Waals surface area contributed by atoms with Crippen molar-refractivity contribution < 1.29 is 55.0 Å². The van der Waals surface area contributed by atoms with Gasteiger partial charge in [0.05, 0.1) is 18.2 Å². The molecular weight excluding hydrogens is 776 g/mol. The van der Waals surface area contributed by atoms with Crippen LogP contribution in [-0.2, 0) is 37.3 Å². The van der Waals surface area contributed by atoms with Crippen molar-refractivity contribution in [3.8, 4) is 6.01 Å². The molecule has 0 unspecified atom stereocenters. The Hall–Kier alpha value is -5.98. The first-order chi connectivity index (χ1) is 26.4. The number of Topliss-reactive ketones (excluding diaryl/α,β-unsaturated/α-hetero) is 1. The number of anilines is 3. The number of hydrogen-bond acceptors (Lipinski definition) is 11. The summed E-state index contributed by atoms with van der Waals surface area (Å²) in [7, 11) is 1.08. The second-order valence-electron chi connectivity index (χ2n) is 12.5. The normalized spacial score (nSPS) is 13.9. The SMILES string of the molecule is COC(=O)[C@H](CCNC(=O)C(=O)Cc1ccc(C(F)(F)F)cc1)NC(=O)c1ccc(Nc2nc(NC3(c4ccc(Cl)cc4)CC3)nc(OCC(F)(F)F)n2)cc1. The molecule has 1 fully saturated rings. The fourth-order valence-corrected chi connectivity index (χ4v) is 5.37. The predicted octanol–water partition coefficient (Wildman–Crippen LogP) is 5.92. The molecule has 1 saturated carbocycles. The lowest BCUT2D eigenvalue weighted by molar-refractivity contribution is -0.154. The Bertz CT molecular complexity index is 2050. The van der Waals surface area contributed by atoms with Crippen LogP contribution in [0.3, 0.4) is 0 Å². The van der Waals surface area contributed by atoms with E-state index < -0.39 is 72.1 Å². The summed E-state index contributed by atoms with van der Waals surface area (Å²) in [4.78, 5) is 62.4. The zero-order valence-electron chi connectivity index (χ0n) is 29.2. The third-order valence-corrected chi connectivity index (χ3v) is 8.54. The molecule has 0 radical (unpaired) electrons. The van der Waals surface area contributed by atoms with E-state index in [1.807, 2.05) is 12.1 Å². The molecule has 1 aliphatic carbocycles. The molecule has 0 aliphatic heterocycles. The first-order valence-corrected chi connectivity index (χ1v) is 17.0. The van der Waals surface area contributed by atoms with Crippen LogP contribution in [0, 0.1) is 0 Å². The van der Waals surface area contributed by atoms with Crippen LogP contribution in [0.25, 0.3) is 0 Å². The fourth-order valence-electron chi connectivity index (χ4n) is 5.25. The highest BCUT2D eigenvalue weighted by atomic mass is 35.5. The summed E-state index contributed by atoms with van der Waals surface area (Å²) >= 11 is 6.01. The summed E-state index contributed by atoms with van der Waals surface area (Å²) in [5, 5.41) is 11.3. The highest BCUT2D eigenvalue weighted by Gasteiger charge is 2.45. The molecule has 1 aromatic heterocycles. The molecule has 4 aromatic rings. The second kappa shape index (κ2) is 17.2. The molecule has 13 nitrogen and oxygen atoms in total. The zero-order chi connectivity index (χ0) is 40.7. The number of nitrogens with one attached hydrogen (secondary N) is 4. The summed E-state index contributed by atoms with van der Waals surface area (Å²) in [6, 6.07) is 14.6. The molecule has 0 spiro atoms. The lowest BCUT2D eigenvalue weighted by Crippen LogP contribution is -2.44. The molecule has 3 aromatic carbocycles. The molecule has 20 heteroatoms. The van der Waals surface area contributed by atoms with Crippen LogP contribution >= 0.6 is 11.6 Å². The van der Waals surface area contributed by atoms with Crippen molar-refractivity contribution in [3.05, 3.63) is 100 Å². The second-order valence-corrected chi connectivity index (χ2v) is 12.9. The maximum Gasteiger partial charge on any atom is 0.422 e.